The van der Waals surface area contributed by atoms with Gasteiger partial charge < -0.3 is 30.7 Å². The van der Waals surface area contributed by atoms with Crippen LogP contribution in [0.15, 0.2) is 170 Å². The van der Waals surface area contributed by atoms with Crippen molar-refractivity contribution in [2.45, 2.75) is 53.2 Å². The summed E-state index contributed by atoms with van der Waals surface area (Å²) >= 11 is 0. The normalized spacial score (nSPS) is 11.7. The number of hydrogen-bond acceptors (Lipinski definition) is 17. The summed E-state index contributed by atoms with van der Waals surface area (Å²) in [5, 5.41) is 27.7. The Morgan fingerprint density at radius 2 is 0.774 bits per heavy atom. The van der Waals surface area contributed by atoms with Crippen LogP contribution in [0.2, 0.25) is 0 Å². The van der Waals surface area contributed by atoms with E-state index in [1.54, 1.807) is 18.6 Å². The van der Waals surface area contributed by atoms with Gasteiger partial charge in [-0.1, -0.05) is 30.3 Å². The Bertz CT molecular complexity index is 4950. The molecule has 0 aliphatic heterocycles. The van der Waals surface area contributed by atoms with Crippen LogP contribution >= 0.6 is 0 Å². The summed E-state index contributed by atoms with van der Waals surface area (Å²) in [6.45, 7) is 12.3. The van der Waals surface area contributed by atoms with Crippen molar-refractivity contribution < 1.29 is 8.42 Å². The van der Waals surface area contributed by atoms with Crippen LogP contribution < -0.4 is 35.4 Å². The summed E-state index contributed by atoms with van der Waals surface area (Å²) in [7, 11) is 7.82. The quantitative estimate of drug-likeness (QED) is 0.0553. The molecule has 0 radical (unpaired) electrons. The molecule has 0 amide bonds. The lowest BCUT2D eigenvalue weighted by Crippen LogP contribution is -2.16. The minimum atomic E-state index is -3.93. The molecule has 0 saturated heterocycles. The van der Waals surface area contributed by atoms with Crippen LogP contribution in [0, 0.1) is 41.5 Å². The van der Waals surface area contributed by atoms with E-state index in [-0.39, 0.29) is 11.7 Å². The van der Waals surface area contributed by atoms with E-state index in [0.717, 1.165) is 112 Å². The first-order chi connectivity index (χ1) is 44.7. The molecule has 13 aromatic rings. The largest absolute Gasteiger partial charge is 0.329 e. The van der Waals surface area contributed by atoms with E-state index in [1.807, 2.05) is 170 Å². The van der Waals surface area contributed by atoms with Crippen molar-refractivity contribution in [3.63, 3.8) is 0 Å². The molecule has 13 rings (SSSR count). The lowest BCUT2D eigenvalue weighted by Gasteiger charge is -2.25. The molecule has 21 nitrogen and oxygen atoms in total. The highest BCUT2D eigenvalue weighted by molar-refractivity contribution is 7.91. The maximum absolute atomic E-state index is 14.2. The summed E-state index contributed by atoms with van der Waals surface area (Å²) < 4.78 is 37.0. The first-order valence-electron chi connectivity index (χ1n) is 30.4. The molecule has 0 atom stereocenters. The maximum Gasteiger partial charge on any atom is 0.236 e. The molecule has 7 aromatic carbocycles. The van der Waals surface area contributed by atoms with Gasteiger partial charge in [0.15, 0.2) is 0 Å². The van der Waals surface area contributed by atoms with Gasteiger partial charge in [0.25, 0.3) is 0 Å². The molecule has 0 saturated carbocycles. The Morgan fingerprint density at radius 1 is 0.419 bits per heavy atom. The first kappa shape index (κ1) is 60.6. The van der Waals surface area contributed by atoms with E-state index in [2.05, 4.69) is 135 Å². The molecule has 93 heavy (non-hydrogen) atoms. The zero-order chi connectivity index (χ0) is 65.0. The van der Waals surface area contributed by atoms with Gasteiger partial charge in [-0.05, 0) is 202 Å². The zero-order valence-electron chi connectivity index (χ0n) is 53.9. The van der Waals surface area contributed by atoms with Crippen molar-refractivity contribution in [2.75, 3.05) is 56.5 Å². The Balaban J connectivity index is 0.772. The number of anilines is 13. The lowest BCUT2D eigenvalue weighted by molar-refractivity contribution is 0.600. The number of nitrogens with one attached hydrogen (secondary N) is 4. The molecule has 22 heteroatoms. The predicted octanol–water partition coefficient (Wildman–Crippen LogP) is 14.2. The van der Waals surface area contributed by atoms with Gasteiger partial charge in [0, 0.05) is 140 Å². The van der Waals surface area contributed by atoms with E-state index in [1.165, 1.54) is 0 Å². The van der Waals surface area contributed by atoms with Crippen molar-refractivity contribution in [1.82, 2.24) is 59.2 Å². The fourth-order valence-electron chi connectivity index (χ4n) is 11.8. The third-order valence-corrected chi connectivity index (χ3v) is 18.9. The molecule has 0 aliphatic rings. The summed E-state index contributed by atoms with van der Waals surface area (Å²) in [6.07, 6.45) is 5.19. The van der Waals surface area contributed by atoms with Crippen molar-refractivity contribution >= 4 is 118 Å². The maximum atomic E-state index is 14.2. The van der Waals surface area contributed by atoms with Gasteiger partial charge in [0.05, 0.1) is 22.3 Å². The zero-order valence-corrected chi connectivity index (χ0v) is 54.7. The van der Waals surface area contributed by atoms with Crippen LogP contribution in [-0.4, -0.2) is 88.8 Å². The average Bonchev–Trinajstić information content (AvgIpc) is 1.42. The van der Waals surface area contributed by atoms with Crippen LogP contribution in [0.3, 0.4) is 0 Å². The molecule has 0 bridgehead atoms. The minimum absolute atomic E-state index is 0.275. The van der Waals surface area contributed by atoms with Crippen LogP contribution in [0.1, 0.15) is 61.9 Å². The van der Waals surface area contributed by atoms with Crippen LogP contribution in [0.5, 0.6) is 0 Å². The average molecular weight is 1250 g/mol. The first-order valence-corrected chi connectivity index (χ1v) is 32.1. The van der Waals surface area contributed by atoms with E-state index in [4.69, 9.17) is 25.1 Å². The van der Waals surface area contributed by atoms with E-state index in [9.17, 15) is 8.42 Å². The van der Waals surface area contributed by atoms with Gasteiger partial charge in [0.1, 0.15) is 17.5 Å². The third-order valence-electron chi connectivity index (χ3n) is 17.6. The van der Waals surface area contributed by atoms with Crippen molar-refractivity contribution in [2.24, 2.45) is 21.1 Å². The van der Waals surface area contributed by atoms with E-state index >= 15 is 0 Å². The number of benzene rings is 7. The molecule has 0 spiro atoms. The second-order valence-electron chi connectivity index (χ2n) is 23.7. The molecule has 0 aliphatic carbocycles. The standard InChI is InChI=1S/C71H71N19O2S/c1-42-13-18-51(75-69-72-32-29-65(78-69)85(7)54-23-26-57-45(4)88(10)81-62(57)38-54)35-49(42)41-93(91,92)84-50-21-16-48(17-22-50)68(60-36-52(19-14-43(60)2)76-70-73-33-30-66(79-70)86(8)55-24-27-58-46(5)89(11)82-63(58)39-55)61-37-53(20-15-44(61)3)77-71-74-34-31-67(80-71)87(9)56-25-28-59-47(6)90(12)83-64(59)40-56/h13-40,68,84H,41H2,1-12H3,(H,72,75,78)(H,73,76,79)(H,74,77,80). The number of aromatic nitrogens is 12. The molecule has 6 heterocycles. The van der Waals surface area contributed by atoms with Crippen molar-refractivity contribution in [1.29, 1.82) is 0 Å². The number of aryl methyl sites for hydroxylation is 9. The Labute approximate surface area is 539 Å². The minimum Gasteiger partial charge on any atom is -0.329 e. The second kappa shape index (κ2) is 24.5. The smallest absolute Gasteiger partial charge is 0.236 e. The Kier molecular flexibility index (Phi) is 16.0. The van der Waals surface area contributed by atoms with Gasteiger partial charge in [-0.2, -0.15) is 30.2 Å². The molecule has 4 N–H and O–H groups in total. The van der Waals surface area contributed by atoms with Crippen LogP contribution in [-0.2, 0) is 36.9 Å². The number of rotatable bonds is 19. The topological polar surface area (TPSA) is 223 Å². The SMILES string of the molecule is Cc1ccc(Nc2nccc(N(C)c3ccc4c(C)n(C)nc4c3)n2)cc1CS(=O)(=O)Nc1ccc(C(c2cc(Nc3nccc(N(C)c4ccc5c(C)n(C)nc5c4)n3)ccc2C)c2cc(Nc3nccc(N(C)c4ccc5c(C)n(C)nc5c4)n3)ccc2C)cc1. The predicted molar refractivity (Wildman–Crippen MR) is 374 cm³/mol. The third kappa shape index (κ3) is 12.4. The monoisotopic (exact) mass is 1250 g/mol. The van der Waals surface area contributed by atoms with E-state index < -0.39 is 10.0 Å². The molecular formula is C71H71N19O2S. The number of nitrogens with zero attached hydrogens (tertiary/aromatic N) is 15. The lowest BCUT2D eigenvalue weighted by atomic mass is 9.81. The van der Waals surface area contributed by atoms with Crippen molar-refractivity contribution in [3.8, 4) is 0 Å². The Hall–Kier alpha value is -11.3. The summed E-state index contributed by atoms with van der Waals surface area (Å²) in [4.78, 5) is 34.6. The molecule has 6 aromatic heterocycles. The summed E-state index contributed by atoms with van der Waals surface area (Å²) in [5.41, 5.74) is 17.9. The highest BCUT2D eigenvalue weighted by atomic mass is 32.2. The highest BCUT2D eigenvalue weighted by Gasteiger charge is 2.24. The number of hydrogen-bond donors (Lipinski definition) is 4. The highest BCUT2D eigenvalue weighted by Crippen LogP contribution is 2.40. The van der Waals surface area contributed by atoms with Gasteiger partial charge in [-0.25, -0.2) is 23.4 Å². The van der Waals surface area contributed by atoms with Crippen molar-refractivity contribution in [3.05, 3.63) is 226 Å². The molecule has 468 valence electrons. The number of fused-ring (bicyclic) bond motifs is 3. The fourth-order valence-corrected chi connectivity index (χ4v) is 13.1. The van der Waals surface area contributed by atoms with Gasteiger partial charge in [-0.15, -0.1) is 0 Å². The van der Waals surface area contributed by atoms with E-state index in [0.29, 0.717) is 52.2 Å². The second-order valence-corrected chi connectivity index (χ2v) is 25.4. The summed E-state index contributed by atoms with van der Waals surface area (Å²) in [6, 6.07) is 49.9. The summed E-state index contributed by atoms with van der Waals surface area (Å²) in [5.74, 6) is 2.65. The van der Waals surface area contributed by atoms with Gasteiger partial charge in [0.2, 0.25) is 27.9 Å². The van der Waals surface area contributed by atoms with Crippen LogP contribution in [0.4, 0.5) is 75.1 Å². The molecule has 0 fully saturated rings. The molecular weight excluding hydrogens is 1180 g/mol. The van der Waals surface area contributed by atoms with Gasteiger partial charge in [-0.3, -0.25) is 18.8 Å². The van der Waals surface area contributed by atoms with Gasteiger partial charge >= 0.3 is 0 Å². The molecule has 0 unspecified atom stereocenters. The fraction of sp³-hybridized carbons (Fsp3) is 0.197. The Morgan fingerprint density at radius 3 is 1.16 bits per heavy atom. The number of sulfonamides is 1. The van der Waals surface area contributed by atoms with Crippen LogP contribution in [0.25, 0.3) is 32.7 Å².